The van der Waals surface area contributed by atoms with Crippen molar-refractivity contribution in [3.63, 3.8) is 0 Å². The highest BCUT2D eigenvalue weighted by Gasteiger charge is 2.29. The first kappa shape index (κ1) is 17.2. The van der Waals surface area contributed by atoms with Gasteiger partial charge in [0, 0.05) is 25.2 Å². The number of aromatic amines is 1. The molecule has 1 aliphatic rings. The van der Waals surface area contributed by atoms with Crippen molar-refractivity contribution in [2.45, 2.75) is 38.3 Å². The molecular weight excluding hydrogens is 368 g/mol. The van der Waals surface area contributed by atoms with Crippen LogP contribution in [0.15, 0.2) is 45.8 Å². The zero-order valence-electron chi connectivity index (χ0n) is 14.0. The van der Waals surface area contributed by atoms with Gasteiger partial charge < -0.3 is 5.32 Å². The van der Waals surface area contributed by atoms with Gasteiger partial charge >= 0.3 is 0 Å². The molecule has 6 heteroatoms. The van der Waals surface area contributed by atoms with E-state index >= 15 is 0 Å². The molecule has 1 saturated heterocycles. The van der Waals surface area contributed by atoms with Crippen LogP contribution in [0.4, 0.5) is 5.69 Å². The summed E-state index contributed by atoms with van der Waals surface area (Å²) in [6.07, 6.45) is 2.70. The van der Waals surface area contributed by atoms with Crippen LogP contribution < -0.4 is 10.9 Å². The molecule has 0 bridgehead atoms. The highest BCUT2D eigenvalue weighted by atomic mass is 79.9. The molecule has 5 nitrogen and oxygen atoms in total. The monoisotopic (exact) mass is 390 g/mol. The number of benzene rings is 1. The predicted octanol–water partition coefficient (Wildman–Crippen LogP) is 3.21. The number of nitrogens with one attached hydrogen (secondary N) is 2. The predicted molar refractivity (Wildman–Crippen MR) is 100 cm³/mol. The summed E-state index contributed by atoms with van der Waals surface area (Å²) in [5.74, 6) is 0.480. The van der Waals surface area contributed by atoms with Gasteiger partial charge in [0.05, 0.1) is 11.9 Å². The second-order valence-corrected chi connectivity index (χ2v) is 7.45. The molecule has 0 saturated carbocycles. The fraction of sp³-hybridized carbons (Fsp3) is 0.444. The van der Waals surface area contributed by atoms with Crippen molar-refractivity contribution >= 4 is 21.6 Å². The molecule has 24 heavy (non-hydrogen) atoms. The molecular formula is C18H23BrN4O. The average Bonchev–Trinajstić information content (AvgIpc) is 2.59. The Morgan fingerprint density at radius 3 is 2.75 bits per heavy atom. The fourth-order valence-corrected chi connectivity index (χ4v) is 3.64. The molecule has 1 fully saturated rings. The maximum Gasteiger partial charge on any atom is 0.280 e. The minimum atomic E-state index is -0.212. The molecule has 2 unspecified atom stereocenters. The number of H-pyrrole nitrogens is 1. The Morgan fingerprint density at radius 2 is 2.04 bits per heavy atom. The summed E-state index contributed by atoms with van der Waals surface area (Å²) in [6, 6.07) is 11.4. The smallest absolute Gasteiger partial charge is 0.280 e. The van der Waals surface area contributed by atoms with Gasteiger partial charge in [-0.2, -0.15) is 5.10 Å². The second kappa shape index (κ2) is 7.49. The number of piperidine rings is 1. The molecule has 1 aromatic carbocycles. The maximum absolute atomic E-state index is 11.7. The third-order valence-corrected chi connectivity index (χ3v) is 5.42. The molecule has 1 aliphatic heterocycles. The lowest BCUT2D eigenvalue weighted by Gasteiger charge is -2.40. The summed E-state index contributed by atoms with van der Waals surface area (Å²) < 4.78 is 0.510. The number of likely N-dealkylation sites (tertiary alicyclic amines) is 1. The summed E-state index contributed by atoms with van der Waals surface area (Å²) >= 11 is 3.35. The summed E-state index contributed by atoms with van der Waals surface area (Å²) in [4.78, 5) is 14.2. The topological polar surface area (TPSA) is 61.0 Å². The lowest BCUT2D eigenvalue weighted by molar-refractivity contribution is 0.157. The summed E-state index contributed by atoms with van der Waals surface area (Å²) in [6.45, 7) is 6.49. The van der Waals surface area contributed by atoms with Gasteiger partial charge in [-0.3, -0.25) is 9.69 Å². The van der Waals surface area contributed by atoms with Gasteiger partial charge in [-0.05, 0) is 47.7 Å². The third-order valence-electron chi connectivity index (χ3n) is 4.64. The zero-order valence-corrected chi connectivity index (χ0v) is 15.6. The molecule has 0 radical (unpaired) electrons. The van der Waals surface area contributed by atoms with E-state index in [2.05, 4.69) is 80.5 Å². The van der Waals surface area contributed by atoms with Crippen molar-refractivity contribution in [2.24, 2.45) is 0 Å². The number of hydrogen-bond acceptors (Lipinski definition) is 4. The van der Waals surface area contributed by atoms with E-state index in [1.54, 1.807) is 6.20 Å². The molecule has 2 N–H and O–H groups in total. The average molecular weight is 391 g/mol. The van der Waals surface area contributed by atoms with Crippen molar-refractivity contribution in [1.29, 1.82) is 0 Å². The van der Waals surface area contributed by atoms with Gasteiger partial charge in [-0.25, -0.2) is 5.10 Å². The molecule has 0 aliphatic carbocycles. The van der Waals surface area contributed by atoms with Crippen molar-refractivity contribution in [3.05, 3.63) is 56.9 Å². The summed E-state index contributed by atoms with van der Waals surface area (Å²) in [5.41, 5.74) is 1.91. The largest absolute Gasteiger partial charge is 0.379 e. The fourth-order valence-electron chi connectivity index (χ4n) is 3.33. The van der Waals surface area contributed by atoms with Crippen molar-refractivity contribution in [3.8, 4) is 0 Å². The van der Waals surface area contributed by atoms with Crippen LogP contribution in [0.3, 0.4) is 0 Å². The minimum absolute atomic E-state index is 0.212. The highest BCUT2D eigenvalue weighted by Crippen LogP contribution is 2.30. The Hall–Kier alpha value is -1.66. The number of rotatable bonds is 4. The summed E-state index contributed by atoms with van der Waals surface area (Å²) in [5, 5.41) is 9.84. The molecule has 2 heterocycles. The Labute approximate surface area is 150 Å². The quantitative estimate of drug-likeness (QED) is 0.841. The lowest BCUT2D eigenvalue weighted by Crippen LogP contribution is -2.48. The number of aromatic nitrogens is 2. The SMILES string of the molecule is CC(C)N1CC(Nc2cn[nH]c(=O)c2Br)CC(c2ccccc2)C1. The van der Waals surface area contributed by atoms with E-state index in [1.165, 1.54) is 5.56 Å². The Morgan fingerprint density at radius 1 is 1.29 bits per heavy atom. The molecule has 0 amide bonds. The van der Waals surface area contributed by atoms with E-state index in [4.69, 9.17) is 0 Å². The molecule has 1 aromatic heterocycles. The van der Waals surface area contributed by atoms with Crippen molar-refractivity contribution in [2.75, 3.05) is 18.4 Å². The summed E-state index contributed by atoms with van der Waals surface area (Å²) in [7, 11) is 0. The van der Waals surface area contributed by atoms with Crippen molar-refractivity contribution < 1.29 is 0 Å². The third kappa shape index (κ3) is 3.87. The first-order valence-corrected chi connectivity index (χ1v) is 9.12. The van der Waals surface area contributed by atoms with Gasteiger partial charge in [-0.1, -0.05) is 30.3 Å². The molecule has 128 valence electrons. The number of anilines is 1. The van der Waals surface area contributed by atoms with Crippen LogP contribution in [0.1, 0.15) is 31.7 Å². The minimum Gasteiger partial charge on any atom is -0.379 e. The Bertz CT molecular complexity index is 731. The van der Waals surface area contributed by atoms with Gasteiger partial charge in [-0.15, -0.1) is 0 Å². The second-order valence-electron chi connectivity index (χ2n) is 6.66. The van der Waals surface area contributed by atoms with Crippen LogP contribution in [-0.4, -0.2) is 40.3 Å². The van der Waals surface area contributed by atoms with Gasteiger partial charge in [0.1, 0.15) is 4.47 Å². The van der Waals surface area contributed by atoms with Gasteiger partial charge in [0.25, 0.3) is 5.56 Å². The number of halogens is 1. The van der Waals surface area contributed by atoms with E-state index in [0.717, 1.165) is 25.2 Å². The van der Waals surface area contributed by atoms with Crippen LogP contribution in [0.5, 0.6) is 0 Å². The zero-order chi connectivity index (χ0) is 17.1. The number of nitrogens with zero attached hydrogens (tertiary/aromatic N) is 2. The molecule has 2 atom stereocenters. The first-order valence-electron chi connectivity index (χ1n) is 8.33. The van der Waals surface area contributed by atoms with Gasteiger partial charge in [0.15, 0.2) is 0 Å². The maximum atomic E-state index is 11.7. The van der Waals surface area contributed by atoms with Gasteiger partial charge in [0.2, 0.25) is 0 Å². The normalized spacial score (nSPS) is 21.8. The lowest BCUT2D eigenvalue weighted by atomic mass is 9.87. The molecule has 0 spiro atoms. The highest BCUT2D eigenvalue weighted by molar-refractivity contribution is 9.10. The van der Waals surface area contributed by atoms with Crippen LogP contribution in [0.25, 0.3) is 0 Å². The van der Waals surface area contributed by atoms with Crippen LogP contribution in [-0.2, 0) is 0 Å². The first-order chi connectivity index (χ1) is 11.5. The van der Waals surface area contributed by atoms with Crippen LogP contribution in [0.2, 0.25) is 0 Å². The Balaban J connectivity index is 1.81. The number of hydrogen-bond donors (Lipinski definition) is 2. The van der Waals surface area contributed by atoms with E-state index in [9.17, 15) is 4.79 Å². The van der Waals surface area contributed by atoms with Crippen LogP contribution >= 0.6 is 15.9 Å². The van der Waals surface area contributed by atoms with Crippen molar-refractivity contribution in [1.82, 2.24) is 15.1 Å². The van der Waals surface area contributed by atoms with E-state index in [-0.39, 0.29) is 11.6 Å². The molecule has 2 aromatic rings. The Kier molecular flexibility index (Phi) is 5.36. The van der Waals surface area contributed by atoms with E-state index < -0.39 is 0 Å². The molecule has 3 rings (SSSR count). The van der Waals surface area contributed by atoms with E-state index in [1.807, 2.05) is 0 Å². The van der Waals surface area contributed by atoms with Crippen LogP contribution in [0, 0.1) is 0 Å². The standard InChI is InChI=1S/C18H23BrN4O/c1-12(2)23-10-14(13-6-4-3-5-7-13)8-15(11-23)21-16-9-20-22-18(24)17(16)19/h3-7,9,12,14-15H,8,10-11H2,1-2H3,(H2,21,22,24). The van der Waals surface area contributed by atoms with E-state index in [0.29, 0.717) is 16.4 Å².